The first-order valence-electron chi connectivity index (χ1n) is 6.62. The normalized spacial score (nSPS) is 13.0. The maximum Gasteiger partial charge on any atom is 0.242 e. The van der Waals surface area contributed by atoms with Crippen LogP contribution >= 0.6 is 15.9 Å². The van der Waals surface area contributed by atoms with Gasteiger partial charge in [-0.3, -0.25) is 4.79 Å². The van der Waals surface area contributed by atoms with E-state index >= 15 is 0 Å². The van der Waals surface area contributed by atoms with Crippen molar-refractivity contribution < 1.29 is 4.79 Å². The lowest BCUT2D eigenvalue weighted by atomic mass is 9.99. The van der Waals surface area contributed by atoms with Crippen LogP contribution in [0, 0.1) is 11.3 Å². The number of nitriles is 1. The van der Waals surface area contributed by atoms with Crippen LogP contribution in [-0.2, 0) is 4.79 Å². The fourth-order valence-corrected chi connectivity index (χ4v) is 2.33. The average Bonchev–Trinajstić information content (AvgIpc) is 2.49. The van der Waals surface area contributed by atoms with Gasteiger partial charge >= 0.3 is 0 Å². The molecule has 2 atom stereocenters. The highest BCUT2D eigenvalue weighted by Gasteiger charge is 2.21. The first-order chi connectivity index (χ1) is 10.1. The van der Waals surface area contributed by atoms with Crippen molar-refractivity contribution in [1.82, 2.24) is 5.32 Å². The van der Waals surface area contributed by atoms with Crippen LogP contribution < -0.4 is 5.32 Å². The van der Waals surface area contributed by atoms with Gasteiger partial charge in [0.25, 0.3) is 0 Å². The van der Waals surface area contributed by atoms with E-state index in [0.29, 0.717) is 5.56 Å². The Balaban J connectivity index is 2.09. The van der Waals surface area contributed by atoms with Crippen molar-refractivity contribution in [3.63, 3.8) is 0 Å². The number of hydrogen-bond donors (Lipinski definition) is 1. The summed E-state index contributed by atoms with van der Waals surface area (Å²) in [6, 6.07) is 18.7. The van der Waals surface area contributed by atoms with Gasteiger partial charge in [-0.1, -0.05) is 58.4 Å². The van der Waals surface area contributed by atoms with Gasteiger partial charge in [-0.15, -0.1) is 0 Å². The first-order valence-corrected chi connectivity index (χ1v) is 7.41. The smallest absolute Gasteiger partial charge is 0.242 e. The average molecular weight is 343 g/mol. The molecular formula is C17H15BrN2O. The summed E-state index contributed by atoms with van der Waals surface area (Å²) < 4.78 is 0.990. The zero-order valence-corrected chi connectivity index (χ0v) is 13.2. The third-order valence-electron chi connectivity index (χ3n) is 3.25. The van der Waals surface area contributed by atoms with Crippen LogP contribution in [0.25, 0.3) is 0 Å². The molecule has 0 fully saturated rings. The molecule has 0 aromatic heterocycles. The second kappa shape index (κ2) is 7.05. The molecule has 2 unspecified atom stereocenters. The Morgan fingerprint density at radius 3 is 2.29 bits per heavy atom. The highest BCUT2D eigenvalue weighted by atomic mass is 79.9. The second-order valence-electron chi connectivity index (χ2n) is 4.75. The van der Waals surface area contributed by atoms with Gasteiger partial charge in [-0.05, 0) is 30.2 Å². The molecule has 1 amide bonds. The molecule has 0 aliphatic heterocycles. The van der Waals surface area contributed by atoms with E-state index in [2.05, 4.69) is 27.3 Å². The number of amides is 1. The monoisotopic (exact) mass is 342 g/mol. The van der Waals surface area contributed by atoms with E-state index in [1.807, 2.05) is 49.4 Å². The third kappa shape index (κ3) is 3.93. The van der Waals surface area contributed by atoms with Crippen LogP contribution in [0.15, 0.2) is 59.1 Å². The first kappa shape index (κ1) is 15.3. The van der Waals surface area contributed by atoms with Crippen molar-refractivity contribution in [2.45, 2.75) is 18.9 Å². The third-order valence-corrected chi connectivity index (χ3v) is 3.78. The summed E-state index contributed by atoms with van der Waals surface area (Å²) >= 11 is 3.38. The van der Waals surface area contributed by atoms with Gasteiger partial charge in [-0.2, -0.15) is 5.26 Å². The number of benzene rings is 2. The van der Waals surface area contributed by atoms with Gasteiger partial charge in [0.1, 0.15) is 5.92 Å². The minimum atomic E-state index is -0.788. The van der Waals surface area contributed by atoms with Crippen LogP contribution in [0.3, 0.4) is 0 Å². The summed E-state index contributed by atoms with van der Waals surface area (Å²) in [5, 5.41) is 12.1. The number of carbonyl (C=O) groups is 1. The fraction of sp³-hybridized carbons (Fsp3) is 0.176. The highest BCUT2D eigenvalue weighted by molar-refractivity contribution is 9.10. The predicted octanol–water partition coefficient (Wildman–Crippen LogP) is 3.93. The van der Waals surface area contributed by atoms with Crippen molar-refractivity contribution in [3.8, 4) is 6.07 Å². The van der Waals surface area contributed by atoms with Crippen LogP contribution in [0.4, 0.5) is 0 Å². The van der Waals surface area contributed by atoms with Crippen molar-refractivity contribution in [2.24, 2.45) is 0 Å². The molecule has 0 saturated heterocycles. The Morgan fingerprint density at radius 2 is 1.71 bits per heavy atom. The molecule has 0 aliphatic carbocycles. The molecule has 0 bridgehead atoms. The number of carbonyl (C=O) groups excluding carboxylic acids is 1. The van der Waals surface area contributed by atoms with Gasteiger partial charge in [-0.25, -0.2) is 0 Å². The van der Waals surface area contributed by atoms with E-state index in [9.17, 15) is 10.1 Å². The van der Waals surface area contributed by atoms with Crippen LogP contribution in [0.5, 0.6) is 0 Å². The van der Waals surface area contributed by atoms with Gasteiger partial charge in [0, 0.05) is 4.47 Å². The number of hydrogen-bond acceptors (Lipinski definition) is 2. The maximum absolute atomic E-state index is 12.3. The molecule has 1 N–H and O–H groups in total. The van der Waals surface area contributed by atoms with E-state index in [0.717, 1.165) is 10.0 Å². The van der Waals surface area contributed by atoms with Crippen LogP contribution in [-0.4, -0.2) is 5.91 Å². The van der Waals surface area contributed by atoms with Crippen molar-refractivity contribution in [3.05, 3.63) is 70.2 Å². The number of halogens is 1. The molecule has 3 nitrogen and oxygen atoms in total. The summed E-state index contributed by atoms with van der Waals surface area (Å²) in [6.45, 7) is 1.90. The Labute approximate surface area is 132 Å². The lowest BCUT2D eigenvalue weighted by molar-refractivity contribution is -0.122. The Bertz CT molecular complexity index is 647. The minimum absolute atomic E-state index is 0.148. The molecule has 0 spiro atoms. The zero-order valence-electron chi connectivity index (χ0n) is 11.6. The quantitative estimate of drug-likeness (QED) is 0.914. The van der Waals surface area contributed by atoms with Crippen LogP contribution in [0.1, 0.15) is 30.0 Å². The number of rotatable bonds is 4. The van der Waals surface area contributed by atoms with Gasteiger partial charge in [0.15, 0.2) is 0 Å². The van der Waals surface area contributed by atoms with Gasteiger partial charge < -0.3 is 5.32 Å². The molecule has 0 aliphatic rings. The molecule has 0 saturated carbocycles. The summed E-state index contributed by atoms with van der Waals surface area (Å²) in [4.78, 5) is 12.3. The lowest BCUT2D eigenvalue weighted by Crippen LogP contribution is -2.31. The standard InChI is InChI=1S/C17H15BrN2O/c1-12(13-7-9-15(18)10-8-13)20-17(21)16(11-19)14-5-3-2-4-6-14/h2-10,12,16H,1H3,(H,20,21). The number of nitrogens with one attached hydrogen (secondary N) is 1. The van der Waals surface area contributed by atoms with Crippen molar-refractivity contribution in [2.75, 3.05) is 0 Å². The molecule has 2 aromatic rings. The summed E-state index contributed by atoms with van der Waals surface area (Å²) in [6.07, 6.45) is 0. The molecular weight excluding hydrogens is 328 g/mol. The SMILES string of the molecule is CC(NC(=O)C(C#N)c1ccccc1)c1ccc(Br)cc1. The Morgan fingerprint density at radius 1 is 1.10 bits per heavy atom. The number of nitrogens with zero attached hydrogens (tertiary/aromatic N) is 1. The Kier molecular flexibility index (Phi) is 5.13. The summed E-state index contributed by atoms with van der Waals surface area (Å²) in [7, 11) is 0. The van der Waals surface area contributed by atoms with Gasteiger partial charge in [0.05, 0.1) is 12.1 Å². The fourth-order valence-electron chi connectivity index (χ4n) is 2.06. The lowest BCUT2D eigenvalue weighted by Gasteiger charge is -2.17. The summed E-state index contributed by atoms with van der Waals surface area (Å²) in [5.74, 6) is -1.07. The molecule has 106 valence electrons. The molecule has 21 heavy (non-hydrogen) atoms. The van der Waals surface area contributed by atoms with E-state index < -0.39 is 5.92 Å². The van der Waals surface area contributed by atoms with E-state index in [1.54, 1.807) is 12.1 Å². The van der Waals surface area contributed by atoms with E-state index in [-0.39, 0.29) is 11.9 Å². The molecule has 0 heterocycles. The molecule has 0 radical (unpaired) electrons. The largest absolute Gasteiger partial charge is 0.348 e. The molecule has 2 rings (SSSR count). The predicted molar refractivity (Wildman–Crippen MR) is 85.5 cm³/mol. The summed E-state index contributed by atoms with van der Waals surface area (Å²) in [5.41, 5.74) is 1.71. The van der Waals surface area contributed by atoms with Crippen molar-refractivity contribution >= 4 is 21.8 Å². The van der Waals surface area contributed by atoms with Gasteiger partial charge in [0.2, 0.25) is 5.91 Å². The maximum atomic E-state index is 12.3. The van der Waals surface area contributed by atoms with Crippen LogP contribution in [0.2, 0.25) is 0 Å². The van der Waals surface area contributed by atoms with E-state index in [1.165, 1.54) is 0 Å². The highest BCUT2D eigenvalue weighted by Crippen LogP contribution is 2.19. The zero-order chi connectivity index (χ0) is 15.2. The van der Waals surface area contributed by atoms with E-state index in [4.69, 9.17) is 0 Å². The minimum Gasteiger partial charge on any atom is -0.348 e. The van der Waals surface area contributed by atoms with Crippen molar-refractivity contribution in [1.29, 1.82) is 5.26 Å². The molecule has 4 heteroatoms. The molecule has 2 aromatic carbocycles. The Hall–Kier alpha value is -2.12. The second-order valence-corrected chi connectivity index (χ2v) is 5.67. The topological polar surface area (TPSA) is 52.9 Å².